The average molecular weight is 233 g/mol. The van der Waals surface area contributed by atoms with Gasteiger partial charge in [-0.1, -0.05) is 24.3 Å². The molecule has 5 nitrogen and oxygen atoms in total. The highest BCUT2D eigenvalue weighted by atomic mass is 16.4. The number of rotatable bonds is 3. The number of benzene rings is 1. The fraction of sp³-hybridized carbons (Fsp3) is 0.333. The first-order chi connectivity index (χ1) is 8.09. The standard InChI is InChI=1S/C12H15N3O2/c1-15-7-6-14-11(15)9-4-2-8(3-5-9)10(13)12(16)17/h2-5,10H,6-7,13H2,1H3,(H,16,17). The predicted octanol–water partition coefficient (Wildman–Crippen LogP) is 0.463. The van der Waals surface area contributed by atoms with Gasteiger partial charge in [0.25, 0.3) is 0 Å². The van der Waals surface area contributed by atoms with Crippen molar-refractivity contribution in [1.29, 1.82) is 0 Å². The Morgan fingerprint density at radius 3 is 2.59 bits per heavy atom. The van der Waals surface area contributed by atoms with Crippen LogP contribution in [-0.2, 0) is 4.79 Å². The van der Waals surface area contributed by atoms with Crippen LogP contribution in [-0.4, -0.2) is 41.9 Å². The summed E-state index contributed by atoms with van der Waals surface area (Å²) in [5.74, 6) is -0.0754. The quantitative estimate of drug-likeness (QED) is 0.795. The van der Waals surface area contributed by atoms with E-state index in [0.29, 0.717) is 5.56 Å². The molecule has 0 bridgehead atoms. The number of hydrogen-bond donors (Lipinski definition) is 2. The molecule has 0 fully saturated rings. The lowest BCUT2D eigenvalue weighted by Gasteiger charge is -2.14. The molecule has 0 saturated heterocycles. The van der Waals surface area contributed by atoms with Gasteiger partial charge in [0.2, 0.25) is 0 Å². The van der Waals surface area contributed by atoms with Gasteiger partial charge in [-0.2, -0.15) is 0 Å². The van der Waals surface area contributed by atoms with E-state index in [0.717, 1.165) is 24.5 Å². The average Bonchev–Trinajstić information content (AvgIpc) is 2.74. The van der Waals surface area contributed by atoms with E-state index in [9.17, 15) is 4.79 Å². The molecule has 90 valence electrons. The highest BCUT2D eigenvalue weighted by Gasteiger charge is 2.17. The van der Waals surface area contributed by atoms with Crippen molar-refractivity contribution in [2.75, 3.05) is 20.1 Å². The molecule has 2 rings (SSSR count). The minimum absolute atomic E-state index is 0.600. The molecular formula is C12H15N3O2. The maximum Gasteiger partial charge on any atom is 0.325 e. The third-order valence-corrected chi connectivity index (χ3v) is 2.85. The Hall–Kier alpha value is -1.88. The van der Waals surface area contributed by atoms with Gasteiger partial charge in [0.15, 0.2) is 0 Å². The van der Waals surface area contributed by atoms with Gasteiger partial charge in [0.1, 0.15) is 11.9 Å². The normalized spacial score (nSPS) is 16.8. The van der Waals surface area contributed by atoms with E-state index in [1.54, 1.807) is 12.1 Å². The van der Waals surface area contributed by atoms with Gasteiger partial charge in [0, 0.05) is 19.2 Å². The topological polar surface area (TPSA) is 78.9 Å². The Balaban J connectivity index is 2.21. The van der Waals surface area contributed by atoms with Gasteiger partial charge in [0.05, 0.1) is 6.54 Å². The summed E-state index contributed by atoms with van der Waals surface area (Å²) in [6, 6.07) is 6.23. The van der Waals surface area contributed by atoms with Crippen molar-refractivity contribution in [3.63, 3.8) is 0 Å². The Labute approximate surface area is 99.6 Å². The number of carboxylic acid groups (broad SMARTS) is 1. The second kappa shape index (κ2) is 4.55. The zero-order valence-electron chi connectivity index (χ0n) is 9.63. The van der Waals surface area contributed by atoms with E-state index in [1.165, 1.54) is 0 Å². The Morgan fingerprint density at radius 1 is 1.47 bits per heavy atom. The van der Waals surface area contributed by atoms with Gasteiger partial charge < -0.3 is 15.7 Å². The molecular weight excluding hydrogens is 218 g/mol. The van der Waals surface area contributed by atoms with Crippen LogP contribution in [0.1, 0.15) is 17.2 Å². The van der Waals surface area contributed by atoms with Crippen LogP contribution in [0.25, 0.3) is 0 Å². The van der Waals surface area contributed by atoms with Crippen LogP contribution >= 0.6 is 0 Å². The van der Waals surface area contributed by atoms with Gasteiger partial charge in [-0.25, -0.2) is 0 Å². The van der Waals surface area contributed by atoms with E-state index in [4.69, 9.17) is 10.8 Å². The van der Waals surface area contributed by atoms with E-state index in [1.807, 2.05) is 19.2 Å². The van der Waals surface area contributed by atoms with Crippen molar-refractivity contribution in [2.24, 2.45) is 10.7 Å². The largest absolute Gasteiger partial charge is 0.480 e. The SMILES string of the molecule is CN1CCN=C1c1ccc(C(N)C(=O)O)cc1. The third kappa shape index (κ3) is 2.29. The highest BCUT2D eigenvalue weighted by Crippen LogP contribution is 2.15. The summed E-state index contributed by atoms with van der Waals surface area (Å²) in [7, 11) is 1.99. The second-order valence-corrected chi connectivity index (χ2v) is 4.06. The fourth-order valence-electron chi connectivity index (χ4n) is 1.83. The van der Waals surface area contributed by atoms with E-state index in [2.05, 4.69) is 9.89 Å². The zero-order valence-corrected chi connectivity index (χ0v) is 9.63. The number of nitrogens with zero attached hydrogens (tertiary/aromatic N) is 2. The van der Waals surface area contributed by atoms with Crippen LogP contribution in [0.4, 0.5) is 0 Å². The maximum atomic E-state index is 10.7. The number of nitrogens with two attached hydrogens (primary N) is 1. The maximum absolute atomic E-state index is 10.7. The molecule has 1 aromatic carbocycles. The predicted molar refractivity (Wildman–Crippen MR) is 65.0 cm³/mol. The molecule has 0 radical (unpaired) electrons. The highest BCUT2D eigenvalue weighted by molar-refractivity contribution is 5.99. The first-order valence-electron chi connectivity index (χ1n) is 5.44. The lowest BCUT2D eigenvalue weighted by molar-refractivity contribution is -0.138. The number of aliphatic imine (C=N–C) groups is 1. The molecule has 0 spiro atoms. The molecule has 1 unspecified atom stereocenters. The molecule has 1 aromatic rings. The molecule has 1 aliphatic heterocycles. The lowest BCUT2D eigenvalue weighted by atomic mass is 10.1. The van der Waals surface area contributed by atoms with Crippen molar-refractivity contribution in [3.8, 4) is 0 Å². The molecule has 1 atom stereocenters. The first kappa shape index (κ1) is 11.6. The van der Waals surface area contributed by atoms with Crippen molar-refractivity contribution in [3.05, 3.63) is 35.4 Å². The zero-order chi connectivity index (χ0) is 12.4. The van der Waals surface area contributed by atoms with Crippen LogP contribution in [0.5, 0.6) is 0 Å². The third-order valence-electron chi connectivity index (χ3n) is 2.85. The Bertz CT molecular complexity index is 453. The smallest absolute Gasteiger partial charge is 0.325 e. The van der Waals surface area contributed by atoms with E-state index < -0.39 is 12.0 Å². The summed E-state index contributed by atoms with van der Waals surface area (Å²) >= 11 is 0. The monoisotopic (exact) mass is 233 g/mol. The molecule has 0 aliphatic carbocycles. The number of likely N-dealkylation sites (N-methyl/N-ethyl adjacent to an activating group) is 1. The molecule has 3 N–H and O–H groups in total. The number of hydrogen-bond acceptors (Lipinski definition) is 4. The van der Waals surface area contributed by atoms with E-state index >= 15 is 0 Å². The summed E-state index contributed by atoms with van der Waals surface area (Å²) in [4.78, 5) is 17.2. The molecule has 17 heavy (non-hydrogen) atoms. The molecule has 0 amide bonds. The summed E-state index contributed by atoms with van der Waals surface area (Å²) in [6.45, 7) is 1.73. The molecule has 0 saturated carbocycles. The lowest BCUT2D eigenvalue weighted by Crippen LogP contribution is -2.24. The Kier molecular flexibility index (Phi) is 3.10. The Morgan fingerprint density at radius 2 is 2.12 bits per heavy atom. The number of aliphatic carboxylic acids is 1. The van der Waals surface area contributed by atoms with Crippen LogP contribution in [0.2, 0.25) is 0 Å². The summed E-state index contributed by atoms with van der Waals surface area (Å²) < 4.78 is 0. The summed E-state index contributed by atoms with van der Waals surface area (Å²) in [6.07, 6.45) is 0. The molecule has 1 heterocycles. The minimum atomic E-state index is -1.02. The van der Waals surface area contributed by atoms with Crippen LogP contribution in [0.3, 0.4) is 0 Å². The van der Waals surface area contributed by atoms with E-state index in [-0.39, 0.29) is 0 Å². The van der Waals surface area contributed by atoms with Crippen molar-refractivity contribution < 1.29 is 9.90 Å². The molecule has 5 heteroatoms. The molecule has 1 aliphatic rings. The minimum Gasteiger partial charge on any atom is -0.480 e. The van der Waals surface area contributed by atoms with Gasteiger partial charge >= 0.3 is 5.97 Å². The summed E-state index contributed by atoms with van der Waals surface area (Å²) in [5, 5.41) is 8.80. The van der Waals surface area contributed by atoms with Crippen molar-refractivity contribution in [2.45, 2.75) is 6.04 Å². The fourth-order valence-corrected chi connectivity index (χ4v) is 1.83. The number of amidine groups is 1. The second-order valence-electron chi connectivity index (χ2n) is 4.06. The van der Waals surface area contributed by atoms with Crippen LogP contribution in [0, 0.1) is 0 Å². The summed E-state index contributed by atoms with van der Waals surface area (Å²) in [5.41, 5.74) is 7.12. The first-order valence-corrected chi connectivity index (χ1v) is 5.44. The van der Waals surface area contributed by atoms with Gasteiger partial charge in [-0.15, -0.1) is 0 Å². The van der Waals surface area contributed by atoms with Crippen molar-refractivity contribution in [1.82, 2.24) is 4.90 Å². The van der Waals surface area contributed by atoms with Gasteiger partial charge in [-0.3, -0.25) is 9.79 Å². The number of carbonyl (C=O) groups is 1. The van der Waals surface area contributed by atoms with Gasteiger partial charge in [-0.05, 0) is 5.56 Å². The van der Waals surface area contributed by atoms with Crippen molar-refractivity contribution >= 4 is 11.8 Å². The van der Waals surface area contributed by atoms with Crippen LogP contribution in [0.15, 0.2) is 29.3 Å². The van der Waals surface area contributed by atoms with Crippen LogP contribution < -0.4 is 5.73 Å². The molecule has 0 aromatic heterocycles. The number of carboxylic acids is 1.